The number of hydrogen-bond donors (Lipinski definition) is 4. The van der Waals surface area contributed by atoms with Crippen molar-refractivity contribution in [1.82, 2.24) is 4.98 Å². The van der Waals surface area contributed by atoms with Crippen LogP contribution in [0.1, 0.15) is 45.2 Å². The van der Waals surface area contributed by atoms with Crippen LogP contribution in [0.5, 0.6) is 0 Å². The largest absolute Gasteiger partial charge is 0.390 e. The summed E-state index contributed by atoms with van der Waals surface area (Å²) in [7, 11) is 0. The first-order chi connectivity index (χ1) is 13.7. The highest BCUT2D eigenvalue weighted by molar-refractivity contribution is 5.80. The molecule has 4 aliphatic rings. The van der Waals surface area contributed by atoms with E-state index in [0.29, 0.717) is 6.42 Å². The van der Waals surface area contributed by atoms with Crippen LogP contribution >= 0.6 is 0 Å². The molecule has 156 valence electrons. The van der Waals surface area contributed by atoms with Gasteiger partial charge in [0.25, 0.3) is 0 Å². The van der Waals surface area contributed by atoms with E-state index in [-0.39, 0.29) is 29.6 Å². The van der Waals surface area contributed by atoms with Crippen LogP contribution < -0.4 is 0 Å². The lowest BCUT2D eigenvalue weighted by Gasteiger charge is -2.41. The summed E-state index contributed by atoms with van der Waals surface area (Å²) in [5.74, 6) is 0.562. The molecule has 0 spiro atoms. The lowest BCUT2D eigenvalue weighted by atomic mass is 9.65. The van der Waals surface area contributed by atoms with Crippen LogP contribution in [0.4, 0.5) is 0 Å². The van der Waals surface area contributed by atoms with Gasteiger partial charge in [0, 0.05) is 17.6 Å². The summed E-state index contributed by atoms with van der Waals surface area (Å²) in [5, 5.41) is 34.5. The fraction of sp³-hybridized carbons (Fsp3) is 0.600. The molecule has 0 aliphatic heterocycles. The molecular weight excluding hydrogens is 362 g/mol. The van der Waals surface area contributed by atoms with Gasteiger partial charge in [0.1, 0.15) is 0 Å². The van der Waals surface area contributed by atoms with Gasteiger partial charge in [0.05, 0.1) is 17.3 Å². The molecule has 4 heteroatoms. The molecule has 2 bridgehead atoms. The molecule has 4 nitrogen and oxygen atoms in total. The fourth-order valence-electron chi connectivity index (χ4n) is 7.12. The standard InChI is InChI=1S/C25H33NO3/c1-14(10-17-11-15-6-4-5-7-21(15)26-17)19-12-16-8-9-18(19)23-20(24(16,2)28)13-22(27)25(23,3)29/h4-7,11,16,18-20,22-23,26-29H,1,8-10,12-13H2,2-3H3/t16-,18+,19-,20+,22-,23+,24-,25+/m1/s1. The molecule has 2 aromatic rings. The summed E-state index contributed by atoms with van der Waals surface area (Å²) in [5.41, 5.74) is 1.48. The monoisotopic (exact) mass is 395 g/mol. The molecule has 1 aromatic carbocycles. The predicted octanol–water partition coefficient (Wildman–Crippen LogP) is 3.81. The zero-order valence-electron chi connectivity index (χ0n) is 17.4. The molecule has 4 N–H and O–H groups in total. The van der Waals surface area contributed by atoms with Crippen molar-refractivity contribution in [2.24, 2.45) is 29.6 Å². The number of hydrogen-bond acceptors (Lipinski definition) is 3. The number of aromatic amines is 1. The van der Waals surface area contributed by atoms with E-state index in [1.807, 2.05) is 13.0 Å². The topological polar surface area (TPSA) is 76.5 Å². The Morgan fingerprint density at radius 1 is 1.14 bits per heavy atom. The van der Waals surface area contributed by atoms with Crippen LogP contribution in [0.2, 0.25) is 0 Å². The zero-order chi connectivity index (χ0) is 20.6. The van der Waals surface area contributed by atoms with E-state index in [4.69, 9.17) is 0 Å². The van der Waals surface area contributed by atoms with Crippen LogP contribution in [0.25, 0.3) is 10.9 Å². The van der Waals surface area contributed by atoms with Gasteiger partial charge in [0.2, 0.25) is 0 Å². The van der Waals surface area contributed by atoms with Crippen molar-refractivity contribution < 1.29 is 15.3 Å². The number of H-pyrrole nitrogens is 1. The first kappa shape index (κ1) is 19.3. The summed E-state index contributed by atoms with van der Waals surface area (Å²) in [6.45, 7) is 8.20. The van der Waals surface area contributed by atoms with Crippen LogP contribution in [-0.2, 0) is 6.42 Å². The van der Waals surface area contributed by atoms with Gasteiger partial charge < -0.3 is 20.3 Å². The van der Waals surface area contributed by atoms with Crippen molar-refractivity contribution in [3.63, 3.8) is 0 Å². The first-order valence-electron chi connectivity index (χ1n) is 11.1. The quantitative estimate of drug-likeness (QED) is 0.597. The molecule has 0 unspecified atom stereocenters. The van der Waals surface area contributed by atoms with E-state index < -0.39 is 17.3 Å². The number of aromatic nitrogens is 1. The second-order valence-electron chi connectivity index (χ2n) is 10.3. The van der Waals surface area contributed by atoms with Crippen LogP contribution in [0.15, 0.2) is 42.5 Å². The Labute approximate surface area is 172 Å². The lowest BCUT2D eigenvalue weighted by molar-refractivity contribution is -0.0976. The highest BCUT2D eigenvalue weighted by atomic mass is 16.3. The van der Waals surface area contributed by atoms with E-state index in [0.717, 1.165) is 36.9 Å². The average Bonchev–Trinajstić information content (AvgIpc) is 3.13. The molecule has 1 heterocycles. The molecule has 0 amide bonds. The molecule has 0 radical (unpaired) electrons. The molecule has 4 saturated carbocycles. The minimum atomic E-state index is -1.15. The third kappa shape index (κ3) is 2.83. The fourth-order valence-corrected chi connectivity index (χ4v) is 7.12. The molecule has 6 rings (SSSR count). The number of aliphatic hydroxyl groups is 3. The maximum absolute atomic E-state index is 11.5. The Hall–Kier alpha value is -1.62. The molecule has 8 atom stereocenters. The van der Waals surface area contributed by atoms with Crippen LogP contribution in [0, 0.1) is 29.6 Å². The molecular formula is C25H33NO3. The Morgan fingerprint density at radius 3 is 2.66 bits per heavy atom. The Kier molecular flexibility index (Phi) is 4.29. The Balaban J connectivity index is 1.47. The highest BCUT2D eigenvalue weighted by Crippen LogP contribution is 2.61. The first-order valence-corrected chi connectivity index (χ1v) is 11.1. The average molecular weight is 396 g/mol. The Morgan fingerprint density at radius 2 is 1.90 bits per heavy atom. The van der Waals surface area contributed by atoms with E-state index in [9.17, 15) is 15.3 Å². The van der Waals surface area contributed by atoms with Gasteiger partial charge in [0.15, 0.2) is 0 Å². The van der Waals surface area contributed by atoms with Crippen molar-refractivity contribution in [2.75, 3.05) is 0 Å². The lowest BCUT2D eigenvalue weighted by Crippen LogP contribution is -2.47. The minimum absolute atomic E-state index is 0.0594. The van der Waals surface area contributed by atoms with Crippen LogP contribution in [-0.4, -0.2) is 37.6 Å². The molecule has 0 saturated heterocycles. The van der Waals surface area contributed by atoms with E-state index in [1.165, 1.54) is 11.0 Å². The number of para-hydroxylation sites is 1. The van der Waals surface area contributed by atoms with Gasteiger partial charge in [-0.15, -0.1) is 0 Å². The maximum Gasteiger partial charge on any atom is 0.0912 e. The smallest absolute Gasteiger partial charge is 0.0912 e. The maximum atomic E-state index is 11.5. The number of aliphatic hydroxyl groups excluding tert-OH is 1. The summed E-state index contributed by atoms with van der Waals surface area (Å²) in [6.07, 6.45) is 3.40. The zero-order valence-corrected chi connectivity index (χ0v) is 17.4. The van der Waals surface area contributed by atoms with E-state index in [1.54, 1.807) is 6.92 Å². The van der Waals surface area contributed by atoms with Gasteiger partial charge in [-0.3, -0.25) is 0 Å². The van der Waals surface area contributed by atoms with Crippen molar-refractivity contribution in [1.29, 1.82) is 0 Å². The predicted molar refractivity (Wildman–Crippen MR) is 114 cm³/mol. The van der Waals surface area contributed by atoms with Gasteiger partial charge in [-0.05, 0) is 86.6 Å². The SMILES string of the molecule is C=C(Cc1cc2ccccc2[nH]1)[C@H]1C[C@H]2CC[C@@H]1[C@H]1[C@H](C[C@@H](O)[C@]1(C)O)[C@]2(C)O. The van der Waals surface area contributed by atoms with Gasteiger partial charge in [-0.2, -0.15) is 0 Å². The summed E-state index contributed by atoms with van der Waals surface area (Å²) in [6, 6.07) is 10.5. The van der Waals surface area contributed by atoms with Crippen molar-refractivity contribution >= 4 is 10.9 Å². The van der Waals surface area contributed by atoms with Gasteiger partial charge in [-0.25, -0.2) is 0 Å². The summed E-state index contributed by atoms with van der Waals surface area (Å²) in [4.78, 5) is 3.51. The molecule has 1 aromatic heterocycles. The highest BCUT2D eigenvalue weighted by Gasteiger charge is 2.64. The molecule has 29 heavy (non-hydrogen) atoms. The number of nitrogens with one attached hydrogen (secondary N) is 1. The normalized spacial score (nSPS) is 44.0. The summed E-state index contributed by atoms with van der Waals surface area (Å²) < 4.78 is 0. The molecule has 4 fully saturated rings. The second-order valence-corrected chi connectivity index (χ2v) is 10.3. The van der Waals surface area contributed by atoms with Gasteiger partial charge in [-0.1, -0.05) is 30.4 Å². The summed E-state index contributed by atoms with van der Waals surface area (Å²) >= 11 is 0. The van der Waals surface area contributed by atoms with Crippen molar-refractivity contribution in [3.05, 3.63) is 48.2 Å². The number of fused-ring (bicyclic) bond motifs is 3. The third-order valence-electron chi connectivity index (χ3n) is 8.73. The number of rotatable bonds is 3. The minimum Gasteiger partial charge on any atom is -0.390 e. The number of benzene rings is 1. The Bertz CT molecular complexity index is 909. The number of allylic oxidation sites excluding steroid dienone is 1. The van der Waals surface area contributed by atoms with E-state index in [2.05, 4.69) is 35.8 Å². The molecule has 4 aliphatic carbocycles. The second kappa shape index (κ2) is 6.44. The van der Waals surface area contributed by atoms with Crippen molar-refractivity contribution in [2.45, 2.75) is 63.3 Å². The third-order valence-corrected chi connectivity index (χ3v) is 8.73. The van der Waals surface area contributed by atoms with Crippen molar-refractivity contribution in [3.8, 4) is 0 Å². The van der Waals surface area contributed by atoms with Crippen LogP contribution in [0.3, 0.4) is 0 Å². The van der Waals surface area contributed by atoms with Gasteiger partial charge >= 0.3 is 0 Å². The van der Waals surface area contributed by atoms with E-state index >= 15 is 0 Å².